The Balaban J connectivity index is 2.19. The Morgan fingerprint density at radius 3 is 2.63 bits per heavy atom. The fraction of sp³-hybridized carbons (Fsp3) is 0.235. The van der Waals surface area contributed by atoms with Gasteiger partial charge in [-0.3, -0.25) is 4.79 Å². The van der Waals surface area contributed by atoms with Gasteiger partial charge in [-0.25, -0.2) is 0 Å². The third kappa shape index (κ3) is 3.59. The monoisotopic (exact) mass is 252 g/mol. The van der Waals surface area contributed by atoms with Crippen LogP contribution in [0.25, 0.3) is 10.8 Å². The van der Waals surface area contributed by atoms with Gasteiger partial charge in [0.2, 0.25) is 0 Å². The lowest BCUT2D eigenvalue weighted by Crippen LogP contribution is -1.86. The van der Waals surface area contributed by atoms with E-state index in [4.69, 9.17) is 4.74 Å². The average molecular weight is 252 g/mol. The van der Waals surface area contributed by atoms with E-state index in [0.717, 1.165) is 22.1 Å². The maximum absolute atomic E-state index is 10.8. The molecule has 0 atom stereocenters. The second-order valence-corrected chi connectivity index (χ2v) is 4.43. The van der Waals surface area contributed by atoms with Crippen LogP contribution in [0.3, 0.4) is 0 Å². The molecule has 19 heavy (non-hydrogen) atoms. The maximum atomic E-state index is 10.8. The van der Waals surface area contributed by atoms with Crippen LogP contribution in [0.2, 0.25) is 0 Å². The van der Waals surface area contributed by atoms with Gasteiger partial charge in [0.15, 0.2) is 0 Å². The minimum absolute atomic E-state index is 0.180. The van der Waals surface area contributed by atoms with Crippen LogP contribution in [0, 0.1) is 11.8 Å². The molecule has 0 unspecified atom stereocenters. The van der Waals surface area contributed by atoms with Crippen molar-refractivity contribution in [1.82, 2.24) is 0 Å². The molecule has 0 saturated carbocycles. The molecular weight excluding hydrogens is 236 g/mol. The largest absolute Gasteiger partial charge is 0.497 e. The Bertz CT molecular complexity index is 660. The molecule has 0 N–H and O–H groups in total. The van der Waals surface area contributed by atoms with Crippen LogP contribution in [-0.2, 0) is 4.79 Å². The molecule has 2 rings (SSSR count). The van der Waals surface area contributed by atoms with Crippen LogP contribution in [-0.4, -0.2) is 12.9 Å². The van der Waals surface area contributed by atoms with Gasteiger partial charge in [0.25, 0.3) is 0 Å². The van der Waals surface area contributed by atoms with Crippen LogP contribution in [0.1, 0.15) is 25.3 Å². The molecule has 0 aromatic heterocycles. The Morgan fingerprint density at radius 2 is 1.89 bits per heavy atom. The molecule has 0 spiro atoms. The highest BCUT2D eigenvalue weighted by molar-refractivity contribution is 5.85. The number of ether oxygens (including phenoxy) is 1. The van der Waals surface area contributed by atoms with Gasteiger partial charge in [0.05, 0.1) is 7.11 Å². The molecule has 0 aliphatic carbocycles. The number of ketones is 1. The molecule has 96 valence electrons. The zero-order valence-electron chi connectivity index (χ0n) is 11.2. The average Bonchev–Trinajstić information content (AvgIpc) is 2.42. The minimum Gasteiger partial charge on any atom is -0.497 e. The Labute approximate surface area is 113 Å². The first-order chi connectivity index (χ1) is 9.19. The first-order valence-corrected chi connectivity index (χ1v) is 6.25. The first-order valence-electron chi connectivity index (χ1n) is 6.25. The van der Waals surface area contributed by atoms with Crippen molar-refractivity contribution in [2.45, 2.75) is 19.8 Å². The van der Waals surface area contributed by atoms with Crippen molar-refractivity contribution in [3.63, 3.8) is 0 Å². The van der Waals surface area contributed by atoms with E-state index in [1.54, 1.807) is 14.0 Å². The van der Waals surface area contributed by atoms with Crippen molar-refractivity contribution < 1.29 is 9.53 Å². The van der Waals surface area contributed by atoms with Gasteiger partial charge in [-0.15, -0.1) is 0 Å². The van der Waals surface area contributed by atoms with Gasteiger partial charge in [-0.05, 0) is 42.0 Å². The number of rotatable bonds is 3. The summed E-state index contributed by atoms with van der Waals surface area (Å²) in [6.07, 6.45) is 1.15. The van der Waals surface area contributed by atoms with E-state index in [1.807, 2.05) is 30.3 Å². The number of hydrogen-bond acceptors (Lipinski definition) is 2. The number of carbonyl (C=O) groups is 1. The van der Waals surface area contributed by atoms with Crippen molar-refractivity contribution in [2.75, 3.05) is 7.11 Å². The Hall–Kier alpha value is -2.27. The summed E-state index contributed by atoms with van der Waals surface area (Å²) in [7, 11) is 1.66. The number of benzene rings is 2. The smallest absolute Gasteiger partial charge is 0.130 e. The molecule has 0 radical (unpaired) electrons. The lowest BCUT2D eigenvalue weighted by molar-refractivity contribution is -0.116. The summed E-state index contributed by atoms with van der Waals surface area (Å²) in [6, 6.07) is 12.0. The molecule has 0 fully saturated rings. The Morgan fingerprint density at radius 1 is 1.16 bits per heavy atom. The zero-order chi connectivity index (χ0) is 13.7. The maximum Gasteiger partial charge on any atom is 0.130 e. The lowest BCUT2D eigenvalue weighted by Gasteiger charge is -2.02. The van der Waals surface area contributed by atoms with Crippen molar-refractivity contribution in [2.24, 2.45) is 0 Å². The van der Waals surface area contributed by atoms with Gasteiger partial charge >= 0.3 is 0 Å². The van der Waals surface area contributed by atoms with E-state index < -0.39 is 0 Å². The fourth-order valence-corrected chi connectivity index (χ4v) is 1.83. The third-order valence-electron chi connectivity index (χ3n) is 2.88. The van der Waals surface area contributed by atoms with Gasteiger partial charge in [-0.1, -0.05) is 24.0 Å². The van der Waals surface area contributed by atoms with Crippen LogP contribution in [0.4, 0.5) is 0 Å². The number of Topliss-reactive ketones (excluding diaryl/α,β-unsaturated/α-hetero) is 1. The number of fused-ring (bicyclic) bond motifs is 1. The molecule has 2 aromatic carbocycles. The molecule has 2 heteroatoms. The van der Waals surface area contributed by atoms with E-state index in [0.29, 0.717) is 12.8 Å². The summed E-state index contributed by atoms with van der Waals surface area (Å²) < 4.78 is 5.19. The lowest BCUT2D eigenvalue weighted by atomic mass is 10.1. The van der Waals surface area contributed by atoms with Crippen molar-refractivity contribution in [1.29, 1.82) is 0 Å². The molecule has 2 aromatic rings. The number of methoxy groups -OCH3 is 1. The van der Waals surface area contributed by atoms with Crippen LogP contribution in [0.5, 0.6) is 5.75 Å². The highest BCUT2D eigenvalue weighted by Gasteiger charge is 1.97. The van der Waals surface area contributed by atoms with E-state index in [9.17, 15) is 4.79 Å². The van der Waals surface area contributed by atoms with Crippen LogP contribution < -0.4 is 4.74 Å². The molecular formula is C17H16O2. The van der Waals surface area contributed by atoms with Gasteiger partial charge in [0, 0.05) is 18.4 Å². The van der Waals surface area contributed by atoms with E-state index in [1.165, 1.54) is 0 Å². The van der Waals surface area contributed by atoms with E-state index in [2.05, 4.69) is 17.9 Å². The quantitative estimate of drug-likeness (QED) is 0.781. The number of hydrogen-bond donors (Lipinski definition) is 0. The summed E-state index contributed by atoms with van der Waals surface area (Å²) in [4.78, 5) is 10.8. The molecule has 2 nitrogen and oxygen atoms in total. The van der Waals surface area contributed by atoms with Gasteiger partial charge < -0.3 is 4.74 Å². The van der Waals surface area contributed by atoms with Gasteiger partial charge in [0.1, 0.15) is 11.5 Å². The second-order valence-electron chi connectivity index (χ2n) is 4.43. The summed E-state index contributed by atoms with van der Waals surface area (Å²) in [5, 5.41) is 2.27. The SMILES string of the molecule is COc1ccc2cc(C#CCCC(C)=O)ccc2c1. The predicted octanol–water partition coefficient (Wildman–Crippen LogP) is 3.57. The Kier molecular flexibility index (Phi) is 4.20. The molecule has 0 aliphatic heterocycles. The normalized spacial score (nSPS) is 9.79. The summed E-state index contributed by atoms with van der Waals surface area (Å²) in [5.41, 5.74) is 0.973. The van der Waals surface area contributed by atoms with Crippen molar-refractivity contribution in [3.05, 3.63) is 42.0 Å². The topological polar surface area (TPSA) is 26.3 Å². The molecule has 0 heterocycles. The zero-order valence-corrected chi connectivity index (χ0v) is 11.2. The van der Waals surface area contributed by atoms with E-state index >= 15 is 0 Å². The molecule has 0 bridgehead atoms. The summed E-state index contributed by atoms with van der Waals surface area (Å²) >= 11 is 0. The fourth-order valence-electron chi connectivity index (χ4n) is 1.83. The van der Waals surface area contributed by atoms with Crippen LogP contribution in [0.15, 0.2) is 36.4 Å². The van der Waals surface area contributed by atoms with E-state index in [-0.39, 0.29) is 5.78 Å². The van der Waals surface area contributed by atoms with Gasteiger partial charge in [-0.2, -0.15) is 0 Å². The number of carbonyl (C=O) groups excluding carboxylic acids is 1. The summed E-state index contributed by atoms with van der Waals surface area (Å²) in [6.45, 7) is 1.59. The minimum atomic E-state index is 0.180. The predicted molar refractivity (Wildman–Crippen MR) is 77.3 cm³/mol. The standard InChI is InChI=1S/C17H16O2/c1-13(18)5-3-4-6-14-7-8-16-12-17(19-2)10-9-15(16)11-14/h7-12H,3,5H2,1-2H3. The molecule has 0 saturated heterocycles. The summed E-state index contributed by atoms with van der Waals surface area (Å²) in [5.74, 6) is 7.15. The van der Waals surface area contributed by atoms with Crippen LogP contribution >= 0.6 is 0 Å². The third-order valence-corrected chi connectivity index (χ3v) is 2.88. The first kappa shape index (κ1) is 13.2. The highest BCUT2D eigenvalue weighted by Crippen LogP contribution is 2.21. The van der Waals surface area contributed by atoms with Crippen molar-refractivity contribution in [3.8, 4) is 17.6 Å². The molecule has 0 amide bonds. The molecule has 0 aliphatic rings. The van der Waals surface area contributed by atoms with Crippen molar-refractivity contribution >= 4 is 16.6 Å². The second kappa shape index (κ2) is 6.06. The highest BCUT2D eigenvalue weighted by atomic mass is 16.5.